The molecule has 1 aromatic rings. The number of likely N-dealkylation sites (N-methyl/N-ethyl adjacent to an activating group) is 2. The minimum Gasteiger partial charge on any atom is -0.354 e. The molecule has 0 aromatic heterocycles. The van der Waals surface area contributed by atoms with Crippen LogP contribution in [-0.4, -0.2) is 37.1 Å². The summed E-state index contributed by atoms with van der Waals surface area (Å²) in [7, 11) is 1.72. The lowest BCUT2D eigenvalue weighted by atomic mass is 10.0. The first-order chi connectivity index (χ1) is 8.65. The second-order valence-corrected chi connectivity index (χ2v) is 4.59. The highest BCUT2D eigenvalue weighted by molar-refractivity contribution is 5.81. The smallest absolute Gasteiger partial charge is 0.283 e. The molecule has 0 heterocycles. The van der Waals surface area contributed by atoms with Crippen LogP contribution in [0.3, 0.4) is 0 Å². The second kappa shape index (κ2) is 6.55. The van der Waals surface area contributed by atoms with E-state index in [4.69, 9.17) is 0 Å². The Morgan fingerprint density at radius 2 is 1.61 bits per heavy atom. The number of nitrogens with zero attached hydrogens (tertiary/aromatic N) is 1. The Morgan fingerprint density at radius 1 is 1.11 bits per heavy atom. The van der Waals surface area contributed by atoms with Gasteiger partial charge in [-0.2, -0.15) is 0 Å². The highest BCUT2D eigenvalue weighted by atomic mass is 16.2. The van der Waals surface area contributed by atoms with Gasteiger partial charge in [0.1, 0.15) is 0 Å². The molecular weight excluding hydrogens is 224 g/mol. The number of rotatable bonds is 6. The molecule has 1 unspecified atom stereocenters. The van der Waals surface area contributed by atoms with E-state index in [2.05, 4.69) is 26.1 Å². The molecule has 0 fully saturated rings. The van der Waals surface area contributed by atoms with Crippen LogP contribution in [0.25, 0.3) is 0 Å². The average Bonchev–Trinajstić information content (AvgIpc) is 2.45. The highest BCUT2D eigenvalue weighted by Crippen LogP contribution is 2.28. The second-order valence-electron chi connectivity index (χ2n) is 4.59. The molecule has 3 nitrogen and oxygen atoms in total. The molecule has 18 heavy (non-hydrogen) atoms. The monoisotopic (exact) mass is 249 g/mol. The number of benzene rings is 1. The third kappa shape index (κ3) is 2.72. The number of amides is 1. The Bertz CT molecular complexity index is 363. The lowest BCUT2D eigenvalue weighted by molar-refractivity contribution is -0.943. The zero-order valence-electron chi connectivity index (χ0n) is 11.9. The van der Waals surface area contributed by atoms with E-state index >= 15 is 0 Å². The fourth-order valence-electron chi connectivity index (χ4n) is 2.71. The van der Waals surface area contributed by atoms with E-state index < -0.39 is 0 Å². The van der Waals surface area contributed by atoms with Crippen molar-refractivity contribution in [1.29, 1.82) is 0 Å². The quantitative estimate of drug-likeness (QED) is 0.770. The number of carbonyl (C=O) groups is 1. The molecular formula is C15H25N2O+. The van der Waals surface area contributed by atoms with Crippen LogP contribution < -0.4 is 5.32 Å². The van der Waals surface area contributed by atoms with Gasteiger partial charge in [-0.15, -0.1) is 0 Å². The predicted molar refractivity (Wildman–Crippen MR) is 75.1 cm³/mol. The lowest BCUT2D eigenvalue weighted by Gasteiger charge is -2.42. The maximum absolute atomic E-state index is 12.3. The molecule has 1 amide bonds. The third-order valence-electron chi connectivity index (χ3n) is 4.05. The number of hydrogen-bond donors (Lipinski definition) is 1. The van der Waals surface area contributed by atoms with Crippen molar-refractivity contribution in [3.05, 3.63) is 35.9 Å². The molecule has 0 spiro atoms. The van der Waals surface area contributed by atoms with Gasteiger partial charge in [0.2, 0.25) is 0 Å². The molecule has 1 aromatic carbocycles. The summed E-state index contributed by atoms with van der Waals surface area (Å²) >= 11 is 0. The van der Waals surface area contributed by atoms with Gasteiger partial charge >= 0.3 is 0 Å². The first-order valence-corrected chi connectivity index (χ1v) is 6.77. The van der Waals surface area contributed by atoms with Crippen LogP contribution in [0.15, 0.2) is 30.3 Å². The van der Waals surface area contributed by atoms with Crippen LogP contribution in [0.4, 0.5) is 0 Å². The zero-order valence-corrected chi connectivity index (χ0v) is 11.9. The highest BCUT2D eigenvalue weighted by Gasteiger charge is 2.38. The van der Waals surface area contributed by atoms with E-state index in [1.807, 2.05) is 30.3 Å². The molecule has 0 bridgehead atoms. The minimum absolute atomic E-state index is 0.103. The van der Waals surface area contributed by atoms with Crippen molar-refractivity contribution in [2.75, 3.05) is 26.7 Å². The molecule has 0 aliphatic heterocycles. The zero-order chi connectivity index (χ0) is 13.6. The van der Waals surface area contributed by atoms with E-state index in [0.29, 0.717) is 0 Å². The largest absolute Gasteiger partial charge is 0.354 e. The van der Waals surface area contributed by atoms with Crippen LogP contribution in [0, 0.1) is 0 Å². The Kier molecular flexibility index (Phi) is 5.35. The van der Waals surface area contributed by atoms with Crippen LogP contribution in [0.2, 0.25) is 0 Å². The normalized spacial score (nSPS) is 13.1. The summed E-state index contributed by atoms with van der Waals surface area (Å²) in [5.41, 5.74) is 1.10. The summed E-state index contributed by atoms with van der Waals surface area (Å²) in [6.45, 7) is 9.35. The molecule has 1 atom stereocenters. The summed E-state index contributed by atoms with van der Waals surface area (Å²) in [6, 6.07) is 9.98. The van der Waals surface area contributed by atoms with E-state index in [1.54, 1.807) is 7.05 Å². The lowest BCUT2D eigenvalue weighted by Crippen LogP contribution is -2.55. The first kappa shape index (κ1) is 14.7. The molecule has 0 aliphatic carbocycles. The van der Waals surface area contributed by atoms with Gasteiger partial charge < -0.3 is 9.80 Å². The Hall–Kier alpha value is -1.35. The summed E-state index contributed by atoms with van der Waals surface area (Å²) in [4.78, 5) is 12.3. The van der Waals surface area contributed by atoms with Crippen LogP contribution in [0.1, 0.15) is 32.4 Å². The summed E-state index contributed by atoms with van der Waals surface area (Å²) in [6.07, 6.45) is 0. The van der Waals surface area contributed by atoms with E-state index in [-0.39, 0.29) is 11.9 Å². The number of carbonyl (C=O) groups excluding carboxylic acids is 1. The van der Waals surface area contributed by atoms with Crippen molar-refractivity contribution < 1.29 is 9.28 Å². The molecule has 0 saturated carbocycles. The van der Waals surface area contributed by atoms with Crippen molar-refractivity contribution in [2.24, 2.45) is 0 Å². The van der Waals surface area contributed by atoms with Crippen molar-refractivity contribution in [2.45, 2.75) is 26.8 Å². The number of hydrogen-bond acceptors (Lipinski definition) is 1. The maximum atomic E-state index is 12.3. The van der Waals surface area contributed by atoms with Crippen molar-refractivity contribution in [3.8, 4) is 0 Å². The van der Waals surface area contributed by atoms with Gasteiger partial charge in [0.25, 0.3) is 5.91 Å². The molecule has 0 radical (unpaired) electrons. The van der Waals surface area contributed by atoms with Crippen molar-refractivity contribution in [3.63, 3.8) is 0 Å². The Labute approximate surface area is 110 Å². The van der Waals surface area contributed by atoms with Gasteiger partial charge in [0, 0.05) is 12.6 Å². The average molecular weight is 249 g/mol. The van der Waals surface area contributed by atoms with Gasteiger partial charge in [-0.3, -0.25) is 4.79 Å². The van der Waals surface area contributed by atoms with E-state index in [0.717, 1.165) is 29.7 Å². The number of quaternary nitrogens is 1. The third-order valence-corrected chi connectivity index (χ3v) is 4.05. The van der Waals surface area contributed by atoms with Crippen molar-refractivity contribution in [1.82, 2.24) is 5.32 Å². The van der Waals surface area contributed by atoms with Gasteiger partial charge in [0.15, 0.2) is 6.04 Å². The minimum atomic E-state index is -0.115. The fourth-order valence-corrected chi connectivity index (χ4v) is 2.71. The van der Waals surface area contributed by atoms with E-state index in [1.165, 1.54) is 0 Å². The molecule has 0 saturated heterocycles. The van der Waals surface area contributed by atoms with Crippen LogP contribution in [-0.2, 0) is 4.79 Å². The molecule has 3 heteroatoms. The fraction of sp³-hybridized carbons (Fsp3) is 0.533. The standard InChI is InChI=1S/C15H24N2O/c1-5-17(6-2,7-3)14(15(18)16-4)13-11-9-8-10-12-13/h8-12,14H,5-7H2,1-4H3/p+1. The van der Waals surface area contributed by atoms with Crippen LogP contribution >= 0.6 is 0 Å². The summed E-state index contributed by atoms with van der Waals surface area (Å²) < 4.78 is 0.795. The van der Waals surface area contributed by atoms with Gasteiger partial charge in [-0.1, -0.05) is 30.3 Å². The molecule has 100 valence electrons. The van der Waals surface area contributed by atoms with Gasteiger partial charge in [-0.05, 0) is 20.8 Å². The Morgan fingerprint density at radius 3 is 2.00 bits per heavy atom. The van der Waals surface area contributed by atoms with Gasteiger partial charge in [0.05, 0.1) is 19.6 Å². The molecule has 1 rings (SSSR count). The summed E-state index contributed by atoms with van der Waals surface area (Å²) in [5, 5.41) is 2.82. The first-order valence-electron chi connectivity index (χ1n) is 6.77. The summed E-state index contributed by atoms with van der Waals surface area (Å²) in [5.74, 6) is 0.103. The predicted octanol–water partition coefficient (Wildman–Crippen LogP) is 2.35. The van der Waals surface area contributed by atoms with Gasteiger partial charge in [-0.25, -0.2) is 0 Å². The van der Waals surface area contributed by atoms with Crippen LogP contribution in [0.5, 0.6) is 0 Å². The SMILES string of the molecule is CC[N+](CC)(CC)C(C(=O)NC)c1ccccc1. The van der Waals surface area contributed by atoms with E-state index in [9.17, 15) is 4.79 Å². The topological polar surface area (TPSA) is 29.1 Å². The molecule has 0 aliphatic rings. The molecule has 1 N–H and O–H groups in total. The number of nitrogens with one attached hydrogen (secondary N) is 1. The Balaban J connectivity index is 3.25. The van der Waals surface area contributed by atoms with Crippen molar-refractivity contribution >= 4 is 5.91 Å². The maximum Gasteiger partial charge on any atom is 0.283 e.